The number of primary amides is 1. The highest BCUT2D eigenvalue weighted by Gasteiger charge is 2.10. The van der Waals surface area contributed by atoms with Gasteiger partial charge in [0.25, 0.3) is 10.0 Å². The minimum atomic E-state index is -3.82. The van der Waals surface area contributed by atoms with E-state index < -0.39 is 16.1 Å². The van der Waals surface area contributed by atoms with Gasteiger partial charge >= 0.3 is 6.03 Å². The van der Waals surface area contributed by atoms with E-state index in [1.807, 2.05) is 5.43 Å². The molecule has 0 aliphatic rings. The second kappa shape index (κ2) is 5.16. The van der Waals surface area contributed by atoms with Crippen LogP contribution >= 0.6 is 0 Å². The Hall–Kier alpha value is -2.29. The molecule has 0 atom stereocenters. The fourth-order valence-corrected chi connectivity index (χ4v) is 1.69. The summed E-state index contributed by atoms with van der Waals surface area (Å²) in [6.45, 7) is 0. The number of hydrazine groups is 1. The third kappa shape index (κ3) is 3.99. The normalized spacial score (nSPS) is 11.3. The van der Waals surface area contributed by atoms with E-state index in [0.29, 0.717) is 5.69 Å². The molecule has 8 nitrogen and oxygen atoms in total. The number of rotatable bonds is 4. The summed E-state index contributed by atoms with van der Waals surface area (Å²) < 4.78 is 26.4. The van der Waals surface area contributed by atoms with E-state index in [4.69, 9.17) is 11.5 Å². The van der Waals surface area contributed by atoms with E-state index in [9.17, 15) is 13.2 Å². The fourth-order valence-electron chi connectivity index (χ4n) is 0.900. The van der Waals surface area contributed by atoms with Gasteiger partial charge in [-0.05, 0) is 24.3 Å². The third-order valence-corrected chi connectivity index (χ3v) is 2.88. The first-order valence-corrected chi connectivity index (χ1v) is 5.81. The number of nitrogens with zero attached hydrogens (tertiary/aromatic N) is 1. The molecule has 0 aromatic heterocycles. The van der Waals surface area contributed by atoms with Crippen LogP contribution in [0.2, 0.25) is 0 Å². The number of sulfonamides is 1. The maximum atomic E-state index is 11.6. The predicted octanol–water partition coefficient (Wildman–Crippen LogP) is -0.841. The van der Waals surface area contributed by atoms with Crippen LogP contribution in [0.5, 0.6) is 0 Å². The van der Waals surface area contributed by atoms with E-state index in [1.165, 1.54) is 24.3 Å². The van der Waals surface area contributed by atoms with Gasteiger partial charge in [-0.1, -0.05) is 0 Å². The lowest BCUT2D eigenvalue weighted by molar-refractivity contribution is 0.247. The van der Waals surface area contributed by atoms with Crippen molar-refractivity contribution in [2.24, 2.45) is 10.1 Å². The van der Waals surface area contributed by atoms with Crippen LogP contribution in [0.15, 0.2) is 33.6 Å². The van der Waals surface area contributed by atoms with Gasteiger partial charge in [0.15, 0.2) is 0 Å². The number of benzene rings is 1. The molecule has 0 saturated heterocycles. The second-order valence-corrected chi connectivity index (χ2v) is 4.54. The first-order chi connectivity index (χ1) is 7.92. The maximum Gasteiger partial charge on any atom is 0.330 e. The van der Waals surface area contributed by atoms with Gasteiger partial charge in [-0.3, -0.25) is 10.9 Å². The fraction of sp³-hybridized carbons (Fsp3) is 0. The van der Waals surface area contributed by atoms with E-state index in [2.05, 4.69) is 9.82 Å². The van der Waals surface area contributed by atoms with Crippen molar-refractivity contribution in [3.63, 3.8) is 0 Å². The highest BCUT2D eigenvalue weighted by atomic mass is 32.2. The number of anilines is 1. The predicted molar refractivity (Wildman–Crippen MR) is 62.4 cm³/mol. The third-order valence-electron chi connectivity index (χ3n) is 1.63. The largest absolute Gasteiger partial charge is 0.399 e. The molecule has 17 heavy (non-hydrogen) atoms. The average Bonchev–Trinajstić information content (AvgIpc) is 2.25. The molecule has 0 aliphatic carbocycles. The van der Waals surface area contributed by atoms with Crippen molar-refractivity contribution in [1.82, 2.24) is 10.9 Å². The molecule has 0 heterocycles. The summed E-state index contributed by atoms with van der Waals surface area (Å²) in [6, 6.07) is 4.67. The Labute approximate surface area is 97.7 Å². The Morgan fingerprint density at radius 1 is 1.29 bits per heavy atom. The van der Waals surface area contributed by atoms with Crippen molar-refractivity contribution in [1.29, 1.82) is 0 Å². The quantitative estimate of drug-likeness (QED) is 0.241. The lowest BCUT2D eigenvalue weighted by Gasteiger charge is -2.00. The average molecular weight is 257 g/mol. The highest BCUT2D eigenvalue weighted by molar-refractivity contribution is 7.90. The molecule has 1 aromatic rings. The van der Waals surface area contributed by atoms with Gasteiger partial charge in [0.05, 0.1) is 4.90 Å². The van der Waals surface area contributed by atoms with Gasteiger partial charge in [-0.25, -0.2) is 4.79 Å². The zero-order chi connectivity index (χ0) is 12.9. The molecule has 0 bridgehead atoms. The van der Waals surface area contributed by atoms with Gasteiger partial charge in [-0.2, -0.15) is 8.42 Å². The van der Waals surface area contributed by atoms with Crippen molar-refractivity contribution in [2.45, 2.75) is 4.90 Å². The van der Waals surface area contributed by atoms with Gasteiger partial charge in [0, 0.05) is 5.69 Å². The van der Waals surface area contributed by atoms with Crippen LogP contribution in [0.25, 0.3) is 0 Å². The van der Waals surface area contributed by atoms with Crippen LogP contribution in [-0.2, 0) is 10.0 Å². The number of nitrogens with one attached hydrogen (secondary N) is 2. The van der Waals surface area contributed by atoms with E-state index in [0.717, 1.165) is 6.34 Å². The molecule has 6 N–H and O–H groups in total. The molecule has 0 spiro atoms. The number of hydrogen-bond acceptors (Lipinski definition) is 4. The zero-order valence-electron chi connectivity index (χ0n) is 8.62. The standard InChI is InChI=1S/C8H11N5O3S/c9-6-1-3-7(4-2-6)17(15,16)12-5-11-13-8(10)14/h1-5H,9H2,(H,11,12)(H3,10,13,14). The maximum absolute atomic E-state index is 11.6. The monoisotopic (exact) mass is 257 g/mol. The van der Waals surface area contributed by atoms with E-state index in [1.54, 1.807) is 0 Å². The van der Waals surface area contributed by atoms with Gasteiger partial charge in [0.1, 0.15) is 6.34 Å². The first-order valence-electron chi connectivity index (χ1n) is 4.37. The molecule has 1 rings (SSSR count). The van der Waals surface area contributed by atoms with Crippen LogP contribution < -0.4 is 22.3 Å². The van der Waals surface area contributed by atoms with Crippen LogP contribution in [-0.4, -0.2) is 20.8 Å². The SMILES string of the molecule is NC(=O)NNC=NS(=O)(=O)c1ccc(N)cc1. The number of hydrogen-bond donors (Lipinski definition) is 4. The van der Waals surface area contributed by atoms with Crippen molar-refractivity contribution in [3.05, 3.63) is 24.3 Å². The van der Waals surface area contributed by atoms with Crippen LogP contribution in [0.3, 0.4) is 0 Å². The second-order valence-electron chi connectivity index (χ2n) is 2.91. The molecule has 2 amide bonds. The zero-order valence-corrected chi connectivity index (χ0v) is 9.44. The molecular formula is C8H11N5O3S. The lowest BCUT2D eigenvalue weighted by Crippen LogP contribution is -2.40. The number of urea groups is 1. The summed E-state index contributed by atoms with van der Waals surface area (Å²) in [5, 5.41) is 0. The van der Waals surface area contributed by atoms with E-state index >= 15 is 0 Å². The van der Waals surface area contributed by atoms with Crippen LogP contribution in [0.1, 0.15) is 0 Å². The molecule has 9 heteroatoms. The summed E-state index contributed by atoms with van der Waals surface area (Å²) in [5.74, 6) is 0. The minimum absolute atomic E-state index is 0.0103. The van der Waals surface area contributed by atoms with Gasteiger partial charge < -0.3 is 11.5 Å². The summed E-state index contributed by atoms with van der Waals surface area (Å²) >= 11 is 0. The molecule has 0 aliphatic heterocycles. The molecule has 92 valence electrons. The van der Waals surface area contributed by atoms with Gasteiger partial charge in [0.2, 0.25) is 0 Å². The Kier molecular flexibility index (Phi) is 3.88. The summed E-state index contributed by atoms with van der Waals surface area (Å²) in [7, 11) is -3.82. The lowest BCUT2D eigenvalue weighted by atomic mass is 10.3. The molecular weight excluding hydrogens is 246 g/mol. The highest BCUT2D eigenvalue weighted by Crippen LogP contribution is 2.13. The van der Waals surface area contributed by atoms with Crippen molar-refractivity contribution >= 4 is 28.1 Å². The van der Waals surface area contributed by atoms with Crippen LogP contribution in [0, 0.1) is 0 Å². The Balaban J connectivity index is 2.75. The van der Waals surface area contributed by atoms with Crippen molar-refractivity contribution in [2.75, 3.05) is 5.73 Å². The molecule has 0 unspecified atom stereocenters. The molecule has 0 fully saturated rings. The molecule has 1 aromatic carbocycles. The smallest absolute Gasteiger partial charge is 0.330 e. The molecule has 0 saturated carbocycles. The number of carbonyl (C=O) groups is 1. The number of nitrogens with two attached hydrogens (primary N) is 2. The first kappa shape index (κ1) is 12.8. The summed E-state index contributed by atoms with van der Waals surface area (Å²) in [5.41, 5.74) is 14.6. The number of nitrogen functional groups attached to an aromatic ring is 1. The molecule has 0 radical (unpaired) electrons. The summed E-state index contributed by atoms with van der Waals surface area (Å²) in [4.78, 5) is 10.2. The van der Waals surface area contributed by atoms with Crippen molar-refractivity contribution in [3.8, 4) is 0 Å². The van der Waals surface area contributed by atoms with Gasteiger partial charge in [-0.15, -0.1) is 4.40 Å². The van der Waals surface area contributed by atoms with E-state index in [-0.39, 0.29) is 4.90 Å². The summed E-state index contributed by atoms with van der Waals surface area (Å²) in [6.07, 6.45) is 0.802. The Morgan fingerprint density at radius 3 is 2.41 bits per heavy atom. The minimum Gasteiger partial charge on any atom is -0.399 e. The number of amides is 2. The Morgan fingerprint density at radius 2 is 1.88 bits per heavy atom. The van der Waals surface area contributed by atoms with Crippen molar-refractivity contribution < 1.29 is 13.2 Å². The van der Waals surface area contributed by atoms with Crippen LogP contribution in [0.4, 0.5) is 10.5 Å². The topological polar surface area (TPSA) is 140 Å². The number of carbonyl (C=O) groups excluding carboxylic acids is 1. The Bertz CT molecular complexity index is 523.